The lowest BCUT2D eigenvalue weighted by Gasteiger charge is -2.16. The van der Waals surface area contributed by atoms with E-state index in [9.17, 15) is 9.65 Å². The fourth-order valence-corrected chi connectivity index (χ4v) is 2.83. The van der Waals surface area contributed by atoms with E-state index in [0.29, 0.717) is 11.4 Å². The van der Waals surface area contributed by atoms with Crippen LogP contribution in [0.15, 0.2) is 24.3 Å². The average Bonchev–Trinajstić information content (AvgIpc) is 2.71. The van der Waals surface area contributed by atoms with Crippen LogP contribution in [-0.2, 0) is 12.8 Å². The van der Waals surface area contributed by atoms with Crippen molar-refractivity contribution in [1.82, 2.24) is 4.57 Å². The molecule has 0 unspecified atom stereocenters. The Balaban J connectivity index is 2.24. The van der Waals surface area contributed by atoms with Crippen LogP contribution in [0, 0.1) is 17.1 Å². The molecule has 19 heavy (non-hydrogen) atoms. The van der Waals surface area contributed by atoms with Crippen molar-refractivity contribution in [2.45, 2.75) is 25.7 Å². The average molecular weight is 255 g/mol. The molecule has 96 valence electrons. The smallest absolute Gasteiger partial charge is 0.126 e. The third-order valence-corrected chi connectivity index (χ3v) is 3.70. The van der Waals surface area contributed by atoms with Gasteiger partial charge in [-0.3, -0.25) is 4.57 Å². The Hall–Kier alpha value is -2.28. The molecule has 1 aliphatic rings. The SMILES string of the molecule is N#Cc1c2c(n(-c3ccc(F)cc3)c1N)CCCC2. The molecule has 1 aromatic heterocycles. The molecule has 0 radical (unpaired) electrons. The maximum absolute atomic E-state index is 13.0. The van der Waals surface area contributed by atoms with E-state index in [-0.39, 0.29) is 5.82 Å². The van der Waals surface area contributed by atoms with Gasteiger partial charge in [-0.25, -0.2) is 4.39 Å². The van der Waals surface area contributed by atoms with E-state index in [2.05, 4.69) is 6.07 Å². The summed E-state index contributed by atoms with van der Waals surface area (Å²) < 4.78 is 14.9. The zero-order chi connectivity index (χ0) is 13.4. The number of benzene rings is 1. The van der Waals surface area contributed by atoms with Crippen LogP contribution in [0.4, 0.5) is 10.2 Å². The third kappa shape index (κ3) is 1.78. The van der Waals surface area contributed by atoms with Gasteiger partial charge in [0.1, 0.15) is 17.7 Å². The van der Waals surface area contributed by atoms with Crippen LogP contribution in [0.5, 0.6) is 0 Å². The van der Waals surface area contributed by atoms with Gasteiger partial charge in [0.2, 0.25) is 0 Å². The van der Waals surface area contributed by atoms with E-state index in [1.54, 1.807) is 12.1 Å². The molecular weight excluding hydrogens is 241 g/mol. The number of rotatable bonds is 1. The first-order valence-electron chi connectivity index (χ1n) is 6.40. The fraction of sp³-hybridized carbons (Fsp3) is 0.267. The molecule has 0 saturated heterocycles. The predicted molar refractivity (Wildman–Crippen MR) is 71.5 cm³/mol. The summed E-state index contributed by atoms with van der Waals surface area (Å²) in [6, 6.07) is 8.42. The lowest BCUT2D eigenvalue weighted by Crippen LogP contribution is -2.08. The van der Waals surface area contributed by atoms with Gasteiger partial charge in [-0.2, -0.15) is 5.26 Å². The molecule has 1 heterocycles. The van der Waals surface area contributed by atoms with Crippen molar-refractivity contribution in [3.8, 4) is 11.8 Å². The summed E-state index contributed by atoms with van der Waals surface area (Å²) in [5.74, 6) is 0.199. The van der Waals surface area contributed by atoms with Crippen molar-refractivity contribution in [2.24, 2.45) is 0 Å². The number of anilines is 1. The first-order valence-corrected chi connectivity index (χ1v) is 6.40. The maximum Gasteiger partial charge on any atom is 0.126 e. The highest BCUT2D eigenvalue weighted by Crippen LogP contribution is 2.33. The van der Waals surface area contributed by atoms with Crippen molar-refractivity contribution in [3.05, 3.63) is 46.9 Å². The first kappa shape index (κ1) is 11.8. The second-order valence-corrected chi connectivity index (χ2v) is 4.82. The summed E-state index contributed by atoms with van der Waals surface area (Å²) >= 11 is 0. The molecule has 0 atom stereocenters. The number of nitrogens with zero attached hydrogens (tertiary/aromatic N) is 2. The molecule has 0 spiro atoms. The normalized spacial score (nSPS) is 13.9. The van der Waals surface area contributed by atoms with E-state index in [1.165, 1.54) is 12.1 Å². The molecule has 0 aliphatic heterocycles. The van der Waals surface area contributed by atoms with Gasteiger partial charge in [-0.1, -0.05) is 0 Å². The number of aromatic nitrogens is 1. The Morgan fingerprint density at radius 1 is 1.16 bits per heavy atom. The molecule has 4 heteroatoms. The van der Waals surface area contributed by atoms with Crippen LogP contribution in [0.1, 0.15) is 29.7 Å². The topological polar surface area (TPSA) is 54.7 Å². The molecule has 0 bridgehead atoms. The lowest BCUT2D eigenvalue weighted by molar-refractivity contribution is 0.626. The molecule has 0 saturated carbocycles. The van der Waals surface area contributed by atoms with E-state index in [0.717, 1.165) is 42.6 Å². The maximum atomic E-state index is 13.0. The van der Waals surface area contributed by atoms with Gasteiger partial charge in [0.25, 0.3) is 0 Å². The van der Waals surface area contributed by atoms with Crippen molar-refractivity contribution in [1.29, 1.82) is 5.26 Å². The highest BCUT2D eigenvalue weighted by atomic mass is 19.1. The van der Waals surface area contributed by atoms with Crippen LogP contribution < -0.4 is 5.73 Å². The number of hydrogen-bond acceptors (Lipinski definition) is 2. The standard InChI is InChI=1S/C15H14FN3/c16-10-5-7-11(8-6-10)19-14-4-2-1-3-12(14)13(9-17)15(19)18/h5-8H,1-4,18H2. The number of fused-ring (bicyclic) bond motifs is 1. The Morgan fingerprint density at radius 2 is 1.84 bits per heavy atom. The van der Waals surface area contributed by atoms with Gasteiger partial charge < -0.3 is 5.73 Å². The highest BCUT2D eigenvalue weighted by molar-refractivity contribution is 5.63. The van der Waals surface area contributed by atoms with Gasteiger partial charge in [0, 0.05) is 11.4 Å². The predicted octanol–water partition coefficient (Wildman–Crippen LogP) is 2.95. The summed E-state index contributed by atoms with van der Waals surface area (Å²) in [6.45, 7) is 0. The van der Waals surface area contributed by atoms with Gasteiger partial charge in [0.15, 0.2) is 0 Å². The highest BCUT2D eigenvalue weighted by Gasteiger charge is 2.23. The minimum Gasteiger partial charge on any atom is -0.384 e. The number of hydrogen-bond donors (Lipinski definition) is 1. The van der Waals surface area contributed by atoms with E-state index in [1.807, 2.05) is 4.57 Å². The second kappa shape index (κ2) is 4.43. The van der Waals surface area contributed by atoms with Crippen LogP contribution >= 0.6 is 0 Å². The molecule has 1 aromatic carbocycles. The molecule has 0 amide bonds. The molecule has 1 aliphatic carbocycles. The van der Waals surface area contributed by atoms with E-state index < -0.39 is 0 Å². The monoisotopic (exact) mass is 255 g/mol. The summed E-state index contributed by atoms with van der Waals surface area (Å²) in [5.41, 5.74) is 9.68. The van der Waals surface area contributed by atoms with Crippen molar-refractivity contribution in [2.75, 3.05) is 5.73 Å². The summed E-state index contributed by atoms with van der Waals surface area (Å²) in [6.07, 6.45) is 4.01. The van der Waals surface area contributed by atoms with Crippen LogP contribution in [0.25, 0.3) is 5.69 Å². The van der Waals surface area contributed by atoms with Gasteiger partial charge >= 0.3 is 0 Å². The van der Waals surface area contributed by atoms with Gasteiger partial charge in [0.05, 0.1) is 5.56 Å². The van der Waals surface area contributed by atoms with Crippen molar-refractivity contribution in [3.63, 3.8) is 0 Å². The Morgan fingerprint density at radius 3 is 2.53 bits per heavy atom. The number of nitriles is 1. The molecule has 3 nitrogen and oxygen atoms in total. The zero-order valence-corrected chi connectivity index (χ0v) is 10.5. The molecule has 2 N–H and O–H groups in total. The molecule has 3 rings (SSSR count). The Labute approximate surface area is 111 Å². The van der Waals surface area contributed by atoms with Crippen LogP contribution in [0.2, 0.25) is 0 Å². The lowest BCUT2D eigenvalue weighted by atomic mass is 9.95. The van der Waals surface area contributed by atoms with Gasteiger partial charge in [-0.15, -0.1) is 0 Å². The fourth-order valence-electron chi connectivity index (χ4n) is 2.83. The van der Waals surface area contributed by atoms with Crippen molar-refractivity contribution >= 4 is 5.82 Å². The summed E-state index contributed by atoms with van der Waals surface area (Å²) in [4.78, 5) is 0. The Bertz CT molecular complexity index is 662. The van der Waals surface area contributed by atoms with Crippen molar-refractivity contribution < 1.29 is 4.39 Å². The molecular formula is C15H14FN3. The third-order valence-electron chi connectivity index (χ3n) is 3.70. The largest absolute Gasteiger partial charge is 0.384 e. The number of nitrogens with two attached hydrogens (primary N) is 1. The Kier molecular flexibility index (Phi) is 2.75. The minimum absolute atomic E-state index is 0.274. The quantitative estimate of drug-likeness (QED) is 0.851. The molecule has 2 aromatic rings. The van der Waals surface area contributed by atoms with E-state index >= 15 is 0 Å². The first-order chi connectivity index (χ1) is 9.22. The summed E-state index contributed by atoms with van der Waals surface area (Å²) in [7, 11) is 0. The minimum atomic E-state index is -0.274. The number of nitrogen functional groups attached to an aromatic ring is 1. The van der Waals surface area contributed by atoms with Gasteiger partial charge in [-0.05, 0) is 55.5 Å². The van der Waals surface area contributed by atoms with E-state index in [4.69, 9.17) is 5.73 Å². The van der Waals surface area contributed by atoms with Crippen LogP contribution in [0.3, 0.4) is 0 Å². The zero-order valence-electron chi connectivity index (χ0n) is 10.5. The van der Waals surface area contributed by atoms with Crippen LogP contribution in [-0.4, -0.2) is 4.57 Å². The second-order valence-electron chi connectivity index (χ2n) is 4.82. The summed E-state index contributed by atoms with van der Waals surface area (Å²) in [5, 5.41) is 9.28. The number of halogens is 1. The molecule has 0 fully saturated rings.